The van der Waals surface area contributed by atoms with Crippen molar-refractivity contribution in [2.24, 2.45) is 0 Å². The van der Waals surface area contributed by atoms with Gasteiger partial charge in [0.1, 0.15) is 0 Å². The van der Waals surface area contributed by atoms with Gasteiger partial charge in [0.25, 0.3) is 5.69 Å². The Kier molecular flexibility index (Phi) is 4.38. The van der Waals surface area contributed by atoms with Crippen molar-refractivity contribution in [3.63, 3.8) is 0 Å². The minimum atomic E-state index is -0.521. The lowest BCUT2D eigenvalue weighted by atomic mass is 10.3. The van der Waals surface area contributed by atoms with Gasteiger partial charge in [0.2, 0.25) is 5.88 Å². The van der Waals surface area contributed by atoms with Crippen molar-refractivity contribution in [1.82, 2.24) is 4.98 Å². The van der Waals surface area contributed by atoms with Gasteiger partial charge in [0.05, 0.1) is 20.5 Å². The summed E-state index contributed by atoms with van der Waals surface area (Å²) < 4.78 is 6.85. The molecular formula is C11H5Br2ClN2O3. The van der Waals surface area contributed by atoms with Gasteiger partial charge in [0.15, 0.2) is 5.75 Å². The second-order valence-corrected chi connectivity index (χ2v) is 5.59. The second kappa shape index (κ2) is 5.85. The predicted octanol–water partition coefficient (Wildman–Crippen LogP) is 4.96. The summed E-state index contributed by atoms with van der Waals surface area (Å²) in [6.45, 7) is 0. The highest BCUT2D eigenvalue weighted by Gasteiger charge is 2.13. The molecule has 2 rings (SSSR count). The molecule has 0 atom stereocenters. The van der Waals surface area contributed by atoms with Gasteiger partial charge in [-0.3, -0.25) is 10.1 Å². The van der Waals surface area contributed by atoms with E-state index in [0.29, 0.717) is 4.47 Å². The lowest BCUT2D eigenvalue weighted by Gasteiger charge is -2.08. The maximum Gasteiger partial charge on any atom is 0.273 e. The van der Waals surface area contributed by atoms with Gasteiger partial charge in [0, 0.05) is 16.7 Å². The largest absolute Gasteiger partial charge is 0.436 e. The van der Waals surface area contributed by atoms with Gasteiger partial charge >= 0.3 is 0 Å². The Morgan fingerprint density at radius 2 is 2.05 bits per heavy atom. The van der Waals surface area contributed by atoms with Crippen LogP contribution >= 0.6 is 43.5 Å². The Labute approximate surface area is 130 Å². The maximum atomic E-state index is 10.7. The number of benzene rings is 1. The van der Waals surface area contributed by atoms with Crippen LogP contribution in [0, 0.1) is 10.1 Å². The Hall–Kier alpha value is -1.18. The monoisotopic (exact) mass is 406 g/mol. The zero-order valence-electron chi connectivity index (χ0n) is 9.14. The molecule has 19 heavy (non-hydrogen) atoms. The van der Waals surface area contributed by atoms with E-state index >= 15 is 0 Å². The number of pyridine rings is 1. The standard InChI is InChI=1S/C11H5Br2ClN2O3/c12-6-3-8(13)11(15-5-6)19-10-4-7(16(17)18)1-2-9(10)14/h1-5H. The van der Waals surface area contributed by atoms with E-state index in [1.165, 1.54) is 18.2 Å². The number of nitrogens with zero attached hydrogens (tertiary/aromatic N) is 2. The summed E-state index contributed by atoms with van der Waals surface area (Å²) in [7, 11) is 0. The number of halogens is 3. The molecule has 0 aliphatic carbocycles. The molecule has 8 heteroatoms. The molecule has 5 nitrogen and oxygen atoms in total. The van der Waals surface area contributed by atoms with Crippen LogP contribution in [0.1, 0.15) is 0 Å². The van der Waals surface area contributed by atoms with Crippen LogP contribution in [0.4, 0.5) is 5.69 Å². The first-order valence-electron chi connectivity index (χ1n) is 4.90. The molecule has 0 amide bonds. The van der Waals surface area contributed by atoms with Gasteiger partial charge in [-0.1, -0.05) is 11.6 Å². The molecule has 2 aromatic rings. The van der Waals surface area contributed by atoms with E-state index in [4.69, 9.17) is 16.3 Å². The van der Waals surface area contributed by atoms with Crippen molar-refractivity contribution < 1.29 is 9.66 Å². The zero-order valence-corrected chi connectivity index (χ0v) is 13.1. The SMILES string of the molecule is O=[N+]([O-])c1ccc(Cl)c(Oc2ncc(Br)cc2Br)c1. The third-order valence-corrected chi connectivity index (χ3v) is 3.42. The molecule has 1 aromatic heterocycles. The van der Waals surface area contributed by atoms with Crippen LogP contribution in [0.15, 0.2) is 39.4 Å². The van der Waals surface area contributed by atoms with Gasteiger partial charge in [-0.25, -0.2) is 4.98 Å². The molecule has 0 fully saturated rings. The van der Waals surface area contributed by atoms with Crippen molar-refractivity contribution in [3.05, 3.63) is 54.5 Å². The Morgan fingerprint density at radius 1 is 1.32 bits per heavy atom. The molecule has 0 aliphatic rings. The molecule has 98 valence electrons. The number of non-ortho nitro benzene ring substituents is 1. The first-order valence-corrected chi connectivity index (χ1v) is 6.86. The van der Waals surface area contributed by atoms with E-state index < -0.39 is 4.92 Å². The minimum absolute atomic E-state index is 0.104. The van der Waals surface area contributed by atoms with Crippen molar-refractivity contribution >= 4 is 49.1 Å². The fourth-order valence-electron chi connectivity index (χ4n) is 1.27. The van der Waals surface area contributed by atoms with Crippen LogP contribution in [0.25, 0.3) is 0 Å². The van der Waals surface area contributed by atoms with E-state index in [2.05, 4.69) is 36.8 Å². The van der Waals surface area contributed by atoms with E-state index in [1.807, 2.05) is 0 Å². The summed E-state index contributed by atoms with van der Waals surface area (Å²) >= 11 is 12.5. The van der Waals surface area contributed by atoms with Crippen LogP contribution in [-0.4, -0.2) is 9.91 Å². The summed E-state index contributed by atoms with van der Waals surface area (Å²) in [4.78, 5) is 14.2. The molecule has 1 heterocycles. The van der Waals surface area contributed by atoms with E-state index in [-0.39, 0.29) is 22.3 Å². The van der Waals surface area contributed by atoms with Gasteiger partial charge in [-0.15, -0.1) is 0 Å². The second-order valence-electron chi connectivity index (χ2n) is 3.41. The van der Waals surface area contributed by atoms with Crippen LogP contribution in [0.3, 0.4) is 0 Å². The van der Waals surface area contributed by atoms with Crippen molar-refractivity contribution in [2.45, 2.75) is 0 Å². The summed E-state index contributed by atoms with van der Waals surface area (Å²) in [6.07, 6.45) is 1.55. The van der Waals surface area contributed by atoms with Crippen molar-refractivity contribution in [1.29, 1.82) is 0 Å². The predicted molar refractivity (Wildman–Crippen MR) is 77.8 cm³/mol. The molecule has 0 bridgehead atoms. The number of aromatic nitrogens is 1. The molecule has 0 aliphatic heterocycles. The molecule has 0 unspecified atom stereocenters. The summed E-state index contributed by atoms with van der Waals surface area (Å²) in [5.74, 6) is 0.442. The van der Waals surface area contributed by atoms with E-state index in [9.17, 15) is 10.1 Å². The van der Waals surface area contributed by atoms with Gasteiger partial charge in [-0.05, 0) is 44.0 Å². The van der Waals surface area contributed by atoms with Gasteiger partial charge < -0.3 is 4.74 Å². The first kappa shape index (κ1) is 14.2. The number of nitro benzene ring substituents is 1. The number of ether oxygens (including phenoxy) is 1. The highest BCUT2D eigenvalue weighted by molar-refractivity contribution is 9.11. The normalized spacial score (nSPS) is 10.3. The van der Waals surface area contributed by atoms with Gasteiger partial charge in [-0.2, -0.15) is 0 Å². The molecule has 0 saturated heterocycles. The number of nitro groups is 1. The fourth-order valence-corrected chi connectivity index (χ4v) is 2.49. The molecule has 0 spiro atoms. The third-order valence-electron chi connectivity index (χ3n) is 2.11. The van der Waals surface area contributed by atoms with Crippen molar-refractivity contribution in [3.8, 4) is 11.6 Å². The highest BCUT2D eigenvalue weighted by Crippen LogP contribution is 2.35. The summed E-state index contributed by atoms with van der Waals surface area (Å²) in [5.41, 5.74) is -0.104. The molecule has 1 aromatic carbocycles. The number of rotatable bonds is 3. The Morgan fingerprint density at radius 3 is 2.68 bits per heavy atom. The Bertz CT molecular complexity index is 652. The maximum absolute atomic E-state index is 10.7. The molecule has 0 radical (unpaired) electrons. The van der Waals surface area contributed by atoms with Crippen LogP contribution in [0.5, 0.6) is 11.6 Å². The zero-order chi connectivity index (χ0) is 14.0. The molecule has 0 saturated carbocycles. The van der Waals surface area contributed by atoms with E-state index in [0.717, 1.165) is 4.47 Å². The lowest BCUT2D eigenvalue weighted by molar-refractivity contribution is -0.384. The van der Waals surface area contributed by atoms with E-state index in [1.54, 1.807) is 12.3 Å². The summed E-state index contributed by atoms with van der Waals surface area (Å²) in [6, 6.07) is 5.70. The summed E-state index contributed by atoms with van der Waals surface area (Å²) in [5, 5.41) is 11.0. The Balaban J connectivity index is 2.37. The van der Waals surface area contributed by atoms with Crippen LogP contribution in [0.2, 0.25) is 5.02 Å². The fraction of sp³-hybridized carbons (Fsp3) is 0. The first-order chi connectivity index (χ1) is 8.97. The molecular weight excluding hydrogens is 403 g/mol. The van der Waals surface area contributed by atoms with Crippen molar-refractivity contribution in [2.75, 3.05) is 0 Å². The topological polar surface area (TPSA) is 65.3 Å². The smallest absolute Gasteiger partial charge is 0.273 e. The highest BCUT2D eigenvalue weighted by atomic mass is 79.9. The molecule has 0 N–H and O–H groups in total. The third kappa shape index (κ3) is 3.43. The quantitative estimate of drug-likeness (QED) is 0.532. The number of hydrogen-bond acceptors (Lipinski definition) is 4. The minimum Gasteiger partial charge on any atom is -0.436 e. The van der Waals surface area contributed by atoms with Crippen LogP contribution in [-0.2, 0) is 0 Å². The average molecular weight is 408 g/mol. The lowest BCUT2D eigenvalue weighted by Crippen LogP contribution is -1.93. The number of hydrogen-bond donors (Lipinski definition) is 0. The average Bonchev–Trinajstić information content (AvgIpc) is 2.34. The van der Waals surface area contributed by atoms with Crippen LogP contribution < -0.4 is 4.74 Å².